The maximum Gasteiger partial charge on any atom is 0.244 e. The lowest BCUT2D eigenvalue weighted by Crippen LogP contribution is -2.39. The van der Waals surface area contributed by atoms with Gasteiger partial charge in [0, 0.05) is 18.0 Å². The van der Waals surface area contributed by atoms with Gasteiger partial charge in [-0.2, -0.15) is 4.31 Å². The van der Waals surface area contributed by atoms with Gasteiger partial charge in [-0.3, -0.25) is 0 Å². The summed E-state index contributed by atoms with van der Waals surface area (Å²) in [5.74, 6) is 0.643. The van der Waals surface area contributed by atoms with Crippen molar-refractivity contribution >= 4 is 49.7 Å². The number of hydrogen-bond donors (Lipinski definition) is 1. The third-order valence-corrected chi connectivity index (χ3v) is 7.54. The molecule has 0 aliphatic carbocycles. The normalized spacial score (nSPS) is 17.7. The number of sulfonamides is 1. The Bertz CT molecular complexity index is 555. The highest BCUT2D eigenvalue weighted by molar-refractivity contribution is 9.11. The molecule has 0 spiro atoms. The molecule has 21 heavy (non-hydrogen) atoms. The number of thiophene rings is 1. The molecule has 0 bridgehead atoms. The van der Waals surface area contributed by atoms with Crippen molar-refractivity contribution in [3.05, 3.63) is 14.7 Å². The highest BCUT2D eigenvalue weighted by Crippen LogP contribution is 2.33. The van der Waals surface area contributed by atoms with Gasteiger partial charge in [-0.15, -0.1) is 23.7 Å². The summed E-state index contributed by atoms with van der Waals surface area (Å²) < 4.78 is 27.8. The molecule has 1 aromatic rings. The summed E-state index contributed by atoms with van der Waals surface area (Å²) in [4.78, 5) is 1.32. The monoisotopic (exact) mass is 416 g/mol. The molecule has 0 saturated carbocycles. The second-order valence-corrected chi connectivity index (χ2v) is 9.75. The lowest BCUT2D eigenvalue weighted by atomic mass is 9.95. The molecule has 0 aromatic carbocycles. The van der Waals surface area contributed by atoms with Crippen molar-refractivity contribution in [1.82, 2.24) is 9.62 Å². The Labute approximate surface area is 145 Å². The summed E-state index contributed by atoms with van der Waals surface area (Å²) >= 11 is 4.84. The Balaban J connectivity index is 0.00000220. The van der Waals surface area contributed by atoms with Gasteiger partial charge in [-0.05, 0) is 67.7 Å². The zero-order chi connectivity index (χ0) is 14.8. The van der Waals surface area contributed by atoms with Gasteiger partial charge in [0.15, 0.2) is 0 Å². The van der Waals surface area contributed by atoms with Crippen molar-refractivity contribution < 1.29 is 8.42 Å². The molecule has 0 atom stereocenters. The van der Waals surface area contributed by atoms with Gasteiger partial charge in [0.2, 0.25) is 10.0 Å². The molecule has 1 aromatic heterocycles. The van der Waals surface area contributed by atoms with Crippen LogP contribution in [0.1, 0.15) is 24.1 Å². The van der Waals surface area contributed by atoms with Crippen LogP contribution >= 0.6 is 39.7 Å². The van der Waals surface area contributed by atoms with E-state index < -0.39 is 10.0 Å². The number of hydrogen-bond acceptors (Lipinski definition) is 4. The second kappa shape index (κ2) is 8.26. The largest absolute Gasteiger partial charge is 0.320 e. The summed E-state index contributed by atoms with van der Waals surface area (Å²) in [6.07, 6.45) is 3.06. The van der Waals surface area contributed by atoms with E-state index in [4.69, 9.17) is 0 Å². The molecule has 1 N–H and O–H groups in total. The van der Waals surface area contributed by atoms with Gasteiger partial charge in [0.05, 0.1) is 8.68 Å². The fraction of sp³-hybridized carbons (Fsp3) is 0.692. The highest BCUT2D eigenvalue weighted by Gasteiger charge is 2.31. The van der Waals surface area contributed by atoms with Crippen molar-refractivity contribution in [2.24, 2.45) is 5.92 Å². The van der Waals surface area contributed by atoms with Crippen molar-refractivity contribution in [2.75, 3.05) is 26.7 Å². The summed E-state index contributed by atoms with van der Waals surface area (Å²) in [7, 11) is -1.36. The predicted molar refractivity (Wildman–Crippen MR) is 94.0 cm³/mol. The smallest absolute Gasteiger partial charge is 0.244 e. The molecule has 8 heteroatoms. The number of nitrogens with one attached hydrogen (secondary N) is 1. The Hall–Kier alpha value is 0.340. The van der Waals surface area contributed by atoms with E-state index in [-0.39, 0.29) is 12.4 Å². The fourth-order valence-electron chi connectivity index (χ4n) is 2.61. The molecule has 2 rings (SSSR count). The number of aryl methyl sites for hydroxylation is 1. The van der Waals surface area contributed by atoms with Crippen LogP contribution in [0.25, 0.3) is 0 Å². The van der Waals surface area contributed by atoms with Gasteiger partial charge in [0.1, 0.15) is 0 Å². The summed E-state index contributed by atoms with van der Waals surface area (Å²) in [6.45, 7) is 4.16. The first kappa shape index (κ1) is 19.4. The zero-order valence-corrected chi connectivity index (χ0v) is 16.3. The Morgan fingerprint density at radius 2 is 2.05 bits per heavy atom. The van der Waals surface area contributed by atoms with E-state index in [2.05, 4.69) is 21.2 Å². The molecule has 0 radical (unpaired) electrons. The Kier molecular flexibility index (Phi) is 7.63. The molecule has 1 aliphatic rings. The first-order valence-electron chi connectivity index (χ1n) is 6.86. The molecule has 1 fully saturated rings. The molecule has 4 nitrogen and oxygen atoms in total. The number of halogens is 2. The number of nitrogens with zero attached hydrogens (tertiary/aromatic N) is 1. The van der Waals surface area contributed by atoms with Crippen molar-refractivity contribution in [3.8, 4) is 0 Å². The van der Waals surface area contributed by atoms with Crippen LogP contribution in [0.2, 0.25) is 0 Å². The molecule has 1 saturated heterocycles. The molecule has 2 heterocycles. The topological polar surface area (TPSA) is 49.4 Å². The van der Waals surface area contributed by atoms with E-state index in [1.807, 2.05) is 14.0 Å². The van der Waals surface area contributed by atoms with Crippen LogP contribution in [-0.2, 0) is 10.0 Å². The summed E-state index contributed by atoms with van der Waals surface area (Å²) in [6, 6.07) is 1.72. The van der Waals surface area contributed by atoms with Crippen LogP contribution in [0.4, 0.5) is 0 Å². The lowest BCUT2D eigenvalue weighted by molar-refractivity contribution is 0.263. The standard InChI is InChI=1S/C13H21BrN2O2S2.ClH/c1-10-12(9-13(14)19-10)20(17,18)16-7-4-11(5-8-16)3-6-15-2;/h9,11,15H,3-8H2,1-2H3;1H. The van der Waals surface area contributed by atoms with E-state index in [1.165, 1.54) is 11.3 Å². The van der Waals surface area contributed by atoms with Crippen LogP contribution < -0.4 is 5.32 Å². The number of rotatable bonds is 5. The summed E-state index contributed by atoms with van der Waals surface area (Å²) in [5.41, 5.74) is 0. The minimum atomic E-state index is -3.32. The minimum absolute atomic E-state index is 0. The maximum absolute atomic E-state index is 12.6. The van der Waals surface area contributed by atoms with Crippen LogP contribution in [0.15, 0.2) is 14.7 Å². The second-order valence-electron chi connectivity index (χ2n) is 5.21. The first-order chi connectivity index (χ1) is 9.45. The molecular formula is C13H22BrClN2O2S2. The number of piperidine rings is 1. The van der Waals surface area contributed by atoms with Gasteiger partial charge in [0.25, 0.3) is 0 Å². The third-order valence-electron chi connectivity index (χ3n) is 3.84. The zero-order valence-electron chi connectivity index (χ0n) is 12.3. The highest BCUT2D eigenvalue weighted by atomic mass is 79.9. The minimum Gasteiger partial charge on any atom is -0.320 e. The van der Waals surface area contributed by atoms with E-state index >= 15 is 0 Å². The van der Waals surface area contributed by atoms with E-state index in [9.17, 15) is 8.42 Å². The average molecular weight is 418 g/mol. The van der Waals surface area contributed by atoms with Gasteiger partial charge >= 0.3 is 0 Å². The van der Waals surface area contributed by atoms with Crippen LogP contribution in [0.3, 0.4) is 0 Å². The van der Waals surface area contributed by atoms with Crippen molar-refractivity contribution in [3.63, 3.8) is 0 Å². The fourth-order valence-corrected chi connectivity index (χ4v) is 6.47. The predicted octanol–water partition coefficient (Wildman–Crippen LogP) is 3.25. The average Bonchev–Trinajstić information content (AvgIpc) is 2.76. The Morgan fingerprint density at radius 3 is 2.52 bits per heavy atom. The SMILES string of the molecule is CNCCC1CCN(S(=O)(=O)c2cc(Br)sc2C)CC1.Cl. The maximum atomic E-state index is 12.6. The molecule has 0 amide bonds. The van der Waals surface area contributed by atoms with E-state index in [0.717, 1.165) is 34.5 Å². The molecular weight excluding hydrogens is 396 g/mol. The van der Waals surface area contributed by atoms with E-state index in [0.29, 0.717) is 23.9 Å². The summed E-state index contributed by atoms with van der Waals surface area (Å²) in [5, 5.41) is 3.16. The molecule has 1 aliphatic heterocycles. The van der Waals surface area contributed by atoms with Gasteiger partial charge in [-0.25, -0.2) is 8.42 Å². The quantitative estimate of drug-likeness (QED) is 0.800. The lowest BCUT2D eigenvalue weighted by Gasteiger charge is -2.31. The van der Waals surface area contributed by atoms with Gasteiger partial charge < -0.3 is 5.32 Å². The van der Waals surface area contributed by atoms with Crippen molar-refractivity contribution in [1.29, 1.82) is 0 Å². The van der Waals surface area contributed by atoms with Gasteiger partial charge in [-0.1, -0.05) is 0 Å². The van der Waals surface area contributed by atoms with Crippen LogP contribution in [0, 0.1) is 12.8 Å². The van der Waals surface area contributed by atoms with Crippen LogP contribution in [0.5, 0.6) is 0 Å². The molecule has 122 valence electrons. The van der Waals surface area contributed by atoms with Crippen LogP contribution in [-0.4, -0.2) is 39.4 Å². The Morgan fingerprint density at radius 1 is 1.43 bits per heavy atom. The third kappa shape index (κ3) is 4.65. The van der Waals surface area contributed by atoms with E-state index in [1.54, 1.807) is 10.4 Å². The first-order valence-corrected chi connectivity index (χ1v) is 9.90. The van der Waals surface area contributed by atoms with Crippen molar-refractivity contribution in [2.45, 2.75) is 31.1 Å². The molecule has 0 unspecified atom stereocenters.